The van der Waals surface area contributed by atoms with Crippen LogP contribution in [-0.4, -0.2) is 4.57 Å². The zero-order valence-electron chi connectivity index (χ0n) is 27.3. The van der Waals surface area contributed by atoms with Gasteiger partial charge in [-0.3, -0.25) is 0 Å². The van der Waals surface area contributed by atoms with E-state index < -0.39 is 0 Å². The van der Waals surface area contributed by atoms with Crippen LogP contribution in [0.5, 0.6) is 0 Å². The van der Waals surface area contributed by atoms with Gasteiger partial charge >= 0.3 is 0 Å². The summed E-state index contributed by atoms with van der Waals surface area (Å²) in [7, 11) is 0. The fraction of sp³-hybridized carbons (Fsp3) is 0. The number of hydrogen-bond acceptors (Lipinski definition) is 1. The third-order valence-corrected chi connectivity index (χ3v) is 11.2. The van der Waals surface area contributed by atoms with Crippen molar-refractivity contribution in [1.82, 2.24) is 4.57 Å². The minimum Gasteiger partial charge on any atom is -0.309 e. The van der Waals surface area contributed by atoms with Gasteiger partial charge in [-0.05, 0) is 69.3 Å². The summed E-state index contributed by atoms with van der Waals surface area (Å²) in [5.41, 5.74) is 13.5. The molecule has 0 radical (unpaired) electrons. The minimum absolute atomic E-state index is 1.18. The first-order chi connectivity index (χ1) is 24.8. The highest BCUT2D eigenvalue weighted by Crippen LogP contribution is 2.45. The van der Waals surface area contributed by atoms with Crippen LogP contribution in [0.3, 0.4) is 0 Å². The van der Waals surface area contributed by atoms with E-state index >= 15 is 0 Å². The zero-order chi connectivity index (χ0) is 33.0. The Morgan fingerprint density at radius 2 is 0.900 bits per heavy atom. The topological polar surface area (TPSA) is 4.93 Å². The molecular formula is C48H31NS. The van der Waals surface area contributed by atoms with Gasteiger partial charge in [-0.15, -0.1) is 11.3 Å². The van der Waals surface area contributed by atoms with Crippen molar-refractivity contribution in [1.29, 1.82) is 0 Å². The molecule has 0 aliphatic carbocycles. The van der Waals surface area contributed by atoms with E-state index in [-0.39, 0.29) is 0 Å². The largest absolute Gasteiger partial charge is 0.309 e. The van der Waals surface area contributed by atoms with Gasteiger partial charge < -0.3 is 4.57 Å². The number of benzene rings is 8. The maximum Gasteiger partial charge on any atom is 0.0541 e. The Balaban J connectivity index is 1.11. The summed E-state index contributed by atoms with van der Waals surface area (Å²) in [5, 5.41) is 5.17. The van der Waals surface area contributed by atoms with Crippen LogP contribution in [0.25, 0.3) is 92.2 Å². The van der Waals surface area contributed by atoms with Crippen LogP contribution in [0, 0.1) is 0 Å². The Kier molecular flexibility index (Phi) is 6.75. The smallest absolute Gasteiger partial charge is 0.0541 e. The lowest BCUT2D eigenvalue weighted by atomic mass is 9.93. The molecule has 234 valence electrons. The number of fused-ring (bicyclic) bond motifs is 6. The van der Waals surface area contributed by atoms with Crippen molar-refractivity contribution in [3.63, 3.8) is 0 Å². The quantitative estimate of drug-likeness (QED) is 0.174. The van der Waals surface area contributed by atoms with E-state index in [1.165, 1.54) is 92.2 Å². The number of nitrogens with zero attached hydrogens (tertiary/aromatic N) is 1. The van der Waals surface area contributed by atoms with Gasteiger partial charge in [0.1, 0.15) is 0 Å². The molecule has 0 spiro atoms. The summed E-state index contributed by atoms with van der Waals surface area (Å²) >= 11 is 1.89. The van der Waals surface area contributed by atoms with E-state index in [0.717, 1.165) is 0 Å². The minimum atomic E-state index is 1.18. The second kappa shape index (κ2) is 11.7. The van der Waals surface area contributed by atoms with Crippen LogP contribution in [0.2, 0.25) is 0 Å². The first-order valence-corrected chi connectivity index (χ1v) is 17.9. The Morgan fingerprint density at radius 1 is 0.340 bits per heavy atom. The predicted octanol–water partition coefficient (Wildman–Crippen LogP) is 13.8. The molecule has 50 heavy (non-hydrogen) atoms. The summed E-state index contributed by atoms with van der Waals surface area (Å²) in [6, 6.07) is 68.5. The lowest BCUT2D eigenvalue weighted by Crippen LogP contribution is -1.97. The van der Waals surface area contributed by atoms with Crippen molar-refractivity contribution in [2.24, 2.45) is 0 Å². The van der Waals surface area contributed by atoms with Crippen molar-refractivity contribution in [2.75, 3.05) is 0 Å². The molecular weight excluding hydrogens is 623 g/mol. The zero-order valence-corrected chi connectivity index (χ0v) is 28.1. The van der Waals surface area contributed by atoms with Gasteiger partial charge in [-0.25, -0.2) is 0 Å². The lowest BCUT2D eigenvalue weighted by Gasteiger charge is -2.15. The molecule has 2 heteroatoms. The number of rotatable bonds is 5. The molecule has 0 aliphatic rings. The molecule has 0 saturated carbocycles. The van der Waals surface area contributed by atoms with Gasteiger partial charge in [-0.2, -0.15) is 0 Å². The third-order valence-electron chi connectivity index (χ3n) is 10.0. The molecule has 0 atom stereocenters. The normalized spacial score (nSPS) is 11.6. The predicted molar refractivity (Wildman–Crippen MR) is 215 cm³/mol. The number of thiophene rings is 1. The van der Waals surface area contributed by atoms with E-state index in [2.05, 4.69) is 193 Å². The third kappa shape index (κ3) is 4.61. The highest BCUT2D eigenvalue weighted by atomic mass is 32.1. The van der Waals surface area contributed by atoms with Gasteiger partial charge in [0.2, 0.25) is 0 Å². The van der Waals surface area contributed by atoms with Crippen molar-refractivity contribution < 1.29 is 0 Å². The van der Waals surface area contributed by atoms with E-state index in [9.17, 15) is 0 Å². The van der Waals surface area contributed by atoms with Crippen molar-refractivity contribution in [3.05, 3.63) is 188 Å². The van der Waals surface area contributed by atoms with Gasteiger partial charge in [0.05, 0.1) is 16.7 Å². The average Bonchev–Trinajstić information content (AvgIpc) is 3.74. The Labute approximate surface area is 295 Å². The lowest BCUT2D eigenvalue weighted by molar-refractivity contribution is 1.18. The molecule has 0 fully saturated rings. The molecule has 0 bridgehead atoms. The van der Waals surface area contributed by atoms with E-state index in [4.69, 9.17) is 0 Å². The fourth-order valence-corrected chi connectivity index (χ4v) is 8.96. The van der Waals surface area contributed by atoms with E-state index in [1.807, 2.05) is 11.3 Å². The molecule has 2 heterocycles. The second-order valence-corrected chi connectivity index (χ2v) is 13.9. The van der Waals surface area contributed by atoms with Gasteiger partial charge in [0.15, 0.2) is 0 Å². The van der Waals surface area contributed by atoms with Crippen LogP contribution in [0.15, 0.2) is 188 Å². The van der Waals surface area contributed by atoms with Crippen molar-refractivity contribution >= 4 is 53.3 Å². The van der Waals surface area contributed by atoms with Crippen LogP contribution in [0.1, 0.15) is 0 Å². The maximum absolute atomic E-state index is 2.44. The van der Waals surface area contributed by atoms with Crippen LogP contribution in [0.4, 0.5) is 0 Å². The Bertz CT molecular complexity index is 2840. The van der Waals surface area contributed by atoms with Crippen molar-refractivity contribution in [3.8, 4) is 50.2 Å². The first-order valence-electron chi connectivity index (χ1n) is 17.1. The van der Waals surface area contributed by atoms with Crippen LogP contribution in [-0.2, 0) is 0 Å². The number of aromatic nitrogens is 1. The van der Waals surface area contributed by atoms with Crippen LogP contribution >= 0.6 is 11.3 Å². The summed E-state index contributed by atoms with van der Waals surface area (Å²) in [6.45, 7) is 0. The van der Waals surface area contributed by atoms with Crippen LogP contribution < -0.4 is 0 Å². The number of para-hydroxylation sites is 2. The highest BCUT2D eigenvalue weighted by Gasteiger charge is 2.18. The van der Waals surface area contributed by atoms with Gasteiger partial charge in [0.25, 0.3) is 0 Å². The molecule has 10 aromatic rings. The molecule has 0 aliphatic heterocycles. The van der Waals surface area contributed by atoms with Gasteiger partial charge in [0, 0.05) is 36.5 Å². The highest BCUT2D eigenvalue weighted by molar-refractivity contribution is 7.26. The monoisotopic (exact) mass is 653 g/mol. The standard InChI is InChI=1S/C48H31NS/c1-3-13-32(14-4-1)36-27-30-45-42(31-36)40-18-8-11-21-44(40)49(45)43-20-10-7-17-37(43)34-23-25-35(26-24-34)38-28-29-39(33-15-5-2-6-16-33)48-47(38)41-19-9-12-22-46(41)50-48/h1-31H. The van der Waals surface area contributed by atoms with Crippen molar-refractivity contribution in [2.45, 2.75) is 0 Å². The van der Waals surface area contributed by atoms with Gasteiger partial charge in [-0.1, -0.05) is 158 Å². The summed E-state index contributed by atoms with van der Waals surface area (Å²) in [4.78, 5) is 0. The fourth-order valence-electron chi connectivity index (χ4n) is 7.70. The molecule has 0 unspecified atom stereocenters. The molecule has 0 saturated heterocycles. The Morgan fingerprint density at radius 3 is 1.70 bits per heavy atom. The average molecular weight is 654 g/mol. The SMILES string of the molecule is c1ccc(-c2ccc3c(c2)c2ccccc2n3-c2ccccc2-c2ccc(-c3ccc(-c4ccccc4)c4sc5ccccc5c34)cc2)cc1. The number of hydrogen-bond donors (Lipinski definition) is 0. The van der Waals surface area contributed by atoms with E-state index in [0.29, 0.717) is 0 Å². The molecule has 1 nitrogen and oxygen atoms in total. The molecule has 8 aromatic carbocycles. The van der Waals surface area contributed by atoms with E-state index in [1.54, 1.807) is 0 Å². The molecule has 0 N–H and O–H groups in total. The summed E-state index contributed by atoms with van der Waals surface area (Å²) in [6.07, 6.45) is 0. The first kappa shape index (κ1) is 28.8. The second-order valence-electron chi connectivity index (χ2n) is 12.9. The summed E-state index contributed by atoms with van der Waals surface area (Å²) < 4.78 is 5.09. The summed E-state index contributed by atoms with van der Waals surface area (Å²) in [5.74, 6) is 0. The molecule has 2 aromatic heterocycles. The molecule has 10 rings (SSSR count). The Hall–Kier alpha value is -6.22. The molecule has 0 amide bonds. The maximum atomic E-state index is 2.44.